The monoisotopic (exact) mass is 392 g/mol. The summed E-state index contributed by atoms with van der Waals surface area (Å²) in [6, 6.07) is 5.89. The Labute approximate surface area is 157 Å². The standard InChI is InChI=1S/C17H17FN4O4S/c18-10-3-1-9(2-4-10)8-25-15-13-14(20-16(19)21-15)22(17(24)27-13)12-6-5-11(7-23)26-12/h1-4,11-12,23H,5-8H2,(H2,19,20,21)/t11-,12+/m0/s1. The SMILES string of the molecule is Nc1nc(OCc2ccc(F)cc2)c2sc(=O)n([C@H]3CC[C@@H](CO)O3)c2n1. The normalized spacial score (nSPS) is 19.6. The van der Waals surface area contributed by atoms with E-state index in [-0.39, 0.29) is 41.8 Å². The van der Waals surface area contributed by atoms with Crippen LogP contribution in [0, 0.1) is 5.82 Å². The van der Waals surface area contributed by atoms with Gasteiger partial charge in [-0.25, -0.2) is 4.39 Å². The summed E-state index contributed by atoms with van der Waals surface area (Å²) in [6.07, 6.45) is 0.430. The van der Waals surface area contributed by atoms with E-state index in [1.807, 2.05) is 0 Å². The predicted molar refractivity (Wildman–Crippen MR) is 97.0 cm³/mol. The third kappa shape index (κ3) is 3.51. The predicted octanol–water partition coefficient (Wildman–Crippen LogP) is 1.82. The number of anilines is 1. The van der Waals surface area contributed by atoms with Crippen LogP contribution in [-0.4, -0.2) is 32.4 Å². The molecule has 0 saturated carbocycles. The number of nitrogens with zero attached hydrogens (tertiary/aromatic N) is 3. The van der Waals surface area contributed by atoms with Crippen LogP contribution in [0.1, 0.15) is 24.6 Å². The molecule has 0 unspecified atom stereocenters. The van der Waals surface area contributed by atoms with Gasteiger partial charge in [-0.1, -0.05) is 23.5 Å². The lowest BCUT2D eigenvalue weighted by Gasteiger charge is -2.13. The summed E-state index contributed by atoms with van der Waals surface area (Å²) in [6.45, 7) is 0.0426. The van der Waals surface area contributed by atoms with Crippen molar-refractivity contribution in [2.75, 3.05) is 12.3 Å². The van der Waals surface area contributed by atoms with E-state index < -0.39 is 6.23 Å². The van der Waals surface area contributed by atoms with Crippen molar-refractivity contribution in [1.82, 2.24) is 14.5 Å². The highest BCUT2D eigenvalue weighted by Crippen LogP contribution is 2.33. The number of nitrogens with two attached hydrogens (primary N) is 1. The highest BCUT2D eigenvalue weighted by Gasteiger charge is 2.30. The van der Waals surface area contributed by atoms with Gasteiger partial charge in [-0.3, -0.25) is 9.36 Å². The molecule has 1 saturated heterocycles. The Bertz CT molecular complexity index is 1020. The molecule has 8 nitrogen and oxygen atoms in total. The Kier molecular flexibility index (Phi) is 4.77. The number of hydrogen-bond donors (Lipinski definition) is 2. The second-order valence-corrected chi connectivity index (χ2v) is 7.13. The summed E-state index contributed by atoms with van der Waals surface area (Å²) in [5.74, 6) is -0.167. The van der Waals surface area contributed by atoms with E-state index in [1.54, 1.807) is 12.1 Å². The van der Waals surface area contributed by atoms with E-state index in [9.17, 15) is 14.3 Å². The number of aliphatic hydroxyl groups is 1. The van der Waals surface area contributed by atoms with Gasteiger partial charge >= 0.3 is 4.87 Å². The summed E-state index contributed by atoms with van der Waals surface area (Å²) in [7, 11) is 0. The fourth-order valence-corrected chi connectivity index (χ4v) is 3.91. The van der Waals surface area contributed by atoms with Crippen LogP contribution in [0.4, 0.5) is 10.3 Å². The highest BCUT2D eigenvalue weighted by molar-refractivity contribution is 7.16. The van der Waals surface area contributed by atoms with E-state index >= 15 is 0 Å². The zero-order valence-corrected chi connectivity index (χ0v) is 15.0. The molecule has 27 heavy (non-hydrogen) atoms. The van der Waals surface area contributed by atoms with Crippen LogP contribution in [0.2, 0.25) is 0 Å². The van der Waals surface area contributed by atoms with Crippen molar-refractivity contribution < 1.29 is 19.0 Å². The molecule has 1 fully saturated rings. The van der Waals surface area contributed by atoms with Crippen molar-refractivity contribution in [1.29, 1.82) is 0 Å². The molecule has 3 heterocycles. The van der Waals surface area contributed by atoms with Crippen LogP contribution in [0.25, 0.3) is 10.3 Å². The van der Waals surface area contributed by atoms with Crippen LogP contribution in [0.5, 0.6) is 5.88 Å². The van der Waals surface area contributed by atoms with E-state index in [4.69, 9.17) is 15.2 Å². The molecule has 10 heteroatoms. The van der Waals surface area contributed by atoms with Crippen molar-refractivity contribution in [3.8, 4) is 5.88 Å². The molecule has 3 aromatic rings. The maximum absolute atomic E-state index is 13.0. The first-order valence-corrected chi connectivity index (χ1v) is 9.19. The molecule has 2 atom stereocenters. The second-order valence-electron chi connectivity index (χ2n) is 6.17. The van der Waals surface area contributed by atoms with Crippen molar-refractivity contribution in [3.63, 3.8) is 0 Å². The first-order valence-electron chi connectivity index (χ1n) is 8.37. The summed E-state index contributed by atoms with van der Waals surface area (Å²) in [5.41, 5.74) is 6.89. The largest absolute Gasteiger partial charge is 0.472 e. The van der Waals surface area contributed by atoms with Crippen molar-refractivity contribution in [2.45, 2.75) is 31.8 Å². The van der Waals surface area contributed by atoms with Crippen molar-refractivity contribution in [3.05, 3.63) is 45.3 Å². The maximum atomic E-state index is 13.0. The van der Waals surface area contributed by atoms with E-state index in [0.29, 0.717) is 23.2 Å². The van der Waals surface area contributed by atoms with Gasteiger partial charge in [-0.2, -0.15) is 9.97 Å². The van der Waals surface area contributed by atoms with Gasteiger partial charge in [0, 0.05) is 0 Å². The van der Waals surface area contributed by atoms with E-state index in [0.717, 1.165) is 16.9 Å². The van der Waals surface area contributed by atoms with Crippen LogP contribution < -0.4 is 15.3 Å². The minimum atomic E-state index is -0.511. The Hall–Kier alpha value is -2.56. The minimum absolute atomic E-state index is 0.0279. The third-order valence-corrected chi connectivity index (χ3v) is 5.25. The Morgan fingerprint density at radius 2 is 2.11 bits per heavy atom. The Morgan fingerprint density at radius 3 is 2.81 bits per heavy atom. The van der Waals surface area contributed by atoms with Gasteiger partial charge in [0.2, 0.25) is 11.8 Å². The number of ether oxygens (including phenoxy) is 2. The number of aliphatic hydroxyl groups excluding tert-OH is 1. The lowest BCUT2D eigenvalue weighted by atomic mass is 10.2. The fraction of sp³-hybridized carbons (Fsp3) is 0.353. The minimum Gasteiger partial charge on any atom is -0.472 e. The molecular formula is C17H17FN4O4S. The zero-order chi connectivity index (χ0) is 19.0. The van der Waals surface area contributed by atoms with Crippen molar-refractivity contribution >= 4 is 27.6 Å². The van der Waals surface area contributed by atoms with E-state index in [2.05, 4.69) is 9.97 Å². The molecule has 4 rings (SSSR count). The molecule has 0 aliphatic carbocycles. The highest BCUT2D eigenvalue weighted by atomic mass is 32.1. The summed E-state index contributed by atoms with van der Waals surface area (Å²) in [4.78, 5) is 20.5. The molecule has 142 valence electrons. The average molecular weight is 392 g/mol. The second kappa shape index (κ2) is 7.22. The Balaban J connectivity index is 1.67. The third-order valence-electron chi connectivity index (χ3n) is 4.31. The summed E-state index contributed by atoms with van der Waals surface area (Å²) >= 11 is 0.947. The van der Waals surface area contributed by atoms with Gasteiger partial charge in [0.25, 0.3) is 0 Å². The van der Waals surface area contributed by atoms with Crippen molar-refractivity contribution in [2.24, 2.45) is 0 Å². The molecule has 3 N–H and O–H groups in total. The maximum Gasteiger partial charge on any atom is 0.311 e. The first kappa shape index (κ1) is 17.8. The van der Waals surface area contributed by atoms with Crippen LogP contribution in [-0.2, 0) is 11.3 Å². The van der Waals surface area contributed by atoms with Crippen LogP contribution in [0.15, 0.2) is 29.1 Å². The number of rotatable bonds is 5. The molecule has 2 aromatic heterocycles. The quantitative estimate of drug-likeness (QED) is 0.681. The fourth-order valence-electron chi connectivity index (χ4n) is 3.01. The smallest absolute Gasteiger partial charge is 0.311 e. The molecule has 1 aromatic carbocycles. The molecule has 1 aliphatic heterocycles. The average Bonchev–Trinajstić information content (AvgIpc) is 3.24. The van der Waals surface area contributed by atoms with Crippen LogP contribution >= 0.6 is 11.3 Å². The number of aromatic nitrogens is 3. The van der Waals surface area contributed by atoms with Gasteiger partial charge in [0.15, 0.2) is 5.65 Å². The number of halogens is 1. The number of benzene rings is 1. The molecule has 0 spiro atoms. The lowest BCUT2D eigenvalue weighted by molar-refractivity contribution is -0.0214. The molecule has 0 bridgehead atoms. The zero-order valence-electron chi connectivity index (χ0n) is 14.2. The van der Waals surface area contributed by atoms with Gasteiger partial charge in [-0.05, 0) is 30.5 Å². The lowest BCUT2D eigenvalue weighted by Crippen LogP contribution is -2.21. The number of fused-ring (bicyclic) bond motifs is 1. The van der Waals surface area contributed by atoms with Gasteiger partial charge < -0.3 is 20.3 Å². The van der Waals surface area contributed by atoms with Gasteiger partial charge in [0.05, 0.1) is 12.7 Å². The molecule has 1 aliphatic rings. The number of thiazole rings is 1. The Morgan fingerprint density at radius 1 is 1.33 bits per heavy atom. The number of nitrogen functional groups attached to an aromatic ring is 1. The van der Waals surface area contributed by atoms with Gasteiger partial charge in [-0.15, -0.1) is 0 Å². The number of hydrogen-bond acceptors (Lipinski definition) is 8. The summed E-state index contributed by atoms with van der Waals surface area (Å²) < 4.78 is 26.3. The molecule has 0 amide bonds. The van der Waals surface area contributed by atoms with E-state index in [1.165, 1.54) is 16.7 Å². The summed E-state index contributed by atoms with van der Waals surface area (Å²) in [5, 5.41) is 9.25. The van der Waals surface area contributed by atoms with Gasteiger partial charge in [0.1, 0.15) is 23.4 Å². The molecule has 0 radical (unpaired) electrons. The van der Waals surface area contributed by atoms with Crippen LogP contribution in [0.3, 0.4) is 0 Å². The first-order chi connectivity index (χ1) is 13.0. The molecular weight excluding hydrogens is 375 g/mol. The topological polar surface area (TPSA) is 112 Å².